The van der Waals surface area contributed by atoms with E-state index in [1.165, 1.54) is 19.2 Å². The third kappa shape index (κ3) is 3.58. The van der Waals surface area contributed by atoms with Crippen LogP contribution in [0.3, 0.4) is 0 Å². The number of nitro groups is 1. The SMILES string of the molecule is COC(=O)COc1c(Cl)cc(CBr)cc1[N+](=O)[O-]. The van der Waals surface area contributed by atoms with E-state index in [2.05, 4.69) is 20.7 Å². The van der Waals surface area contributed by atoms with Gasteiger partial charge in [0.2, 0.25) is 5.75 Å². The molecule has 0 amide bonds. The van der Waals surface area contributed by atoms with Crippen molar-refractivity contribution in [3.8, 4) is 5.75 Å². The van der Waals surface area contributed by atoms with E-state index in [1.54, 1.807) is 0 Å². The first-order valence-electron chi connectivity index (χ1n) is 4.72. The van der Waals surface area contributed by atoms with E-state index < -0.39 is 17.5 Å². The van der Waals surface area contributed by atoms with Gasteiger partial charge in [-0.2, -0.15) is 0 Å². The first-order valence-corrected chi connectivity index (χ1v) is 6.22. The Kier molecular flexibility index (Phi) is 5.36. The summed E-state index contributed by atoms with van der Waals surface area (Å²) in [5.41, 5.74) is 0.345. The fraction of sp³-hybridized carbons (Fsp3) is 0.300. The lowest BCUT2D eigenvalue weighted by Gasteiger charge is -2.08. The van der Waals surface area contributed by atoms with Crippen molar-refractivity contribution in [2.24, 2.45) is 0 Å². The van der Waals surface area contributed by atoms with Gasteiger partial charge in [-0.25, -0.2) is 4.79 Å². The highest BCUT2D eigenvalue weighted by atomic mass is 79.9. The maximum atomic E-state index is 10.9. The van der Waals surface area contributed by atoms with Gasteiger partial charge < -0.3 is 9.47 Å². The van der Waals surface area contributed by atoms with Crippen LogP contribution in [0.2, 0.25) is 5.02 Å². The molecule has 0 aromatic heterocycles. The third-order valence-corrected chi connectivity index (χ3v) is 2.93. The van der Waals surface area contributed by atoms with Crippen LogP contribution in [0.25, 0.3) is 0 Å². The Morgan fingerprint density at radius 2 is 2.22 bits per heavy atom. The van der Waals surface area contributed by atoms with Crippen LogP contribution >= 0.6 is 27.5 Å². The smallest absolute Gasteiger partial charge is 0.343 e. The number of rotatable bonds is 5. The number of halogens is 2. The maximum absolute atomic E-state index is 10.9. The first kappa shape index (κ1) is 14.7. The average molecular weight is 339 g/mol. The van der Waals surface area contributed by atoms with Gasteiger partial charge in [-0.15, -0.1) is 0 Å². The molecule has 0 saturated heterocycles. The molecule has 0 aliphatic heterocycles. The van der Waals surface area contributed by atoms with Gasteiger partial charge in [0, 0.05) is 11.4 Å². The predicted molar refractivity (Wildman–Crippen MR) is 68.2 cm³/mol. The predicted octanol–water partition coefficient (Wildman–Crippen LogP) is 2.69. The number of alkyl halides is 1. The molecule has 8 heteroatoms. The van der Waals surface area contributed by atoms with Gasteiger partial charge in [0.25, 0.3) is 0 Å². The van der Waals surface area contributed by atoms with Gasteiger partial charge >= 0.3 is 11.7 Å². The third-order valence-electron chi connectivity index (χ3n) is 2.00. The van der Waals surface area contributed by atoms with Crippen LogP contribution in [0.15, 0.2) is 12.1 Å². The van der Waals surface area contributed by atoms with Crippen LogP contribution in [0, 0.1) is 10.1 Å². The number of benzene rings is 1. The van der Waals surface area contributed by atoms with Crippen molar-refractivity contribution in [1.82, 2.24) is 0 Å². The summed E-state index contributed by atoms with van der Waals surface area (Å²) in [6.45, 7) is -0.440. The molecule has 0 fully saturated rings. The topological polar surface area (TPSA) is 78.7 Å². The Hall–Kier alpha value is -1.34. The number of methoxy groups -OCH3 is 1. The summed E-state index contributed by atoms with van der Waals surface area (Å²) in [6, 6.07) is 2.85. The Balaban J connectivity index is 3.08. The Labute approximate surface area is 116 Å². The van der Waals surface area contributed by atoms with Gasteiger partial charge in [-0.1, -0.05) is 27.5 Å². The zero-order valence-corrected chi connectivity index (χ0v) is 11.7. The van der Waals surface area contributed by atoms with E-state index in [1.807, 2.05) is 0 Å². The summed E-state index contributed by atoms with van der Waals surface area (Å²) in [7, 11) is 1.19. The van der Waals surface area contributed by atoms with Crippen molar-refractivity contribution in [3.05, 3.63) is 32.8 Å². The molecule has 0 spiro atoms. The van der Waals surface area contributed by atoms with Crippen molar-refractivity contribution in [2.45, 2.75) is 5.33 Å². The summed E-state index contributed by atoms with van der Waals surface area (Å²) in [5.74, 6) is -0.790. The van der Waals surface area contributed by atoms with E-state index in [9.17, 15) is 14.9 Å². The lowest BCUT2D eigenvalue weighted by molar-refractivity contribution is -0.385. The van der Waals surface area contributed by atoms with Crippen LogP contribution < -0.4 is 4.74 Å². The van der Waals surface area contributed by atoms with Crippen molar-refractivity contribution in [3.63, 3.8) is 0 Å². The Morgan fingerprint density at radius 1 is 1.56 bits per heavy atom. The molecular weight excluding hydrogens is 329 g/mol. The number of esters is 1. The molecule has 0 radical (unpaired) electrons. The molecular formula is C10H9BrClNO5. The minimum Gasteiger partial charge on any atom is -0.474 e. The van der Waals surface area contributed by atoms with E-state index in [0.717, 1.165) is 0 Å². The summed E-state index contributed by atoms with van der Waals surface area (Å²) < 4.78 is 9.39. The van der Waals surface area contributed by atoms with Gasteiger partial charge in [0.15, 0.2) is 6.61 Å². The second-order valence-corrected chi connectivity index (χ2v) is 4.15. The molecule has 0 saturated carbocycles. The van der Waals surface area contributed by atoms with Gasteiger partial charge in [0.05, 0.1) is 17.1 Å². The normalized spacial score (nSPS) is 9.94. The number of hydrogen-bond donors (Lipinski definition) is 0. The molecule has 0 atom stereocenters. The highest BCUT2D eigenvalue weighted by Crippen LogP contribution is 2.36. The maximum Gasteiger partial charge on any atom is 0.343 e. The lowest BCUT2D eigenvalue weighted by Crippen LogP contribution is -2.13. The molecule has 0 heterocycles. The molecule has 98 valence electrons. The number of carbonyl (C=O) groups is 1. The molecule has 1 aromatic rings. The van der Waals surface area contributed by atoms with E-state index in [0.29, 0.717) is 10.9 Å². The molecule has 0 unspecified atom stereocenters. The van der Waals surface area contributed by atoms with Crippen molar-refractivity contribution in [1.29, 1.82) is 0 Å². The zero-order valence-electron chi connectivity index (χ0n) is 9.31. The summed E-state index contributed by atoms with van der Waals surface area (Å²) in [5, 5.41) is 11.4. The van der Waals surface area contributed by atoms with Crippen LogP contribution in [0.1, 0.15) is 5.56 Å². The van der Waals surface area contributed by atoms with Crippen molar-refractivity contribution < 1.29 is 19.2 Å². The number of nitrogens with zero attached hydrogens (tertiary/aromatic N) is 1. The van der Waals surface area contributed by atoms with Crippen molar-refractivity contribution >= 4 is 39.2 Å². The van der Waals surface area contributed by atoms with E-state index >= 15 is 0 Å². The number of nitro benzene ring substituents is 1. The van der Waals surface area contributed by atoms with Gasteiger partial charge in [0.1, 0.15) is 0 Å². The largest absolute Gasteiger partial charge is 0.474 e. The standard InChI is InChI=1S/C10H9BrClNO5/c1-17-9(14)5-18-10-7(12)2-6(4-11)3-8(10)13(15)16/h2-3H,4-5H2,1H3. The molecule has 0 aliphatic rings. The molecule has 0 N–H and O–H groups in total. The van der Waals surface area contributed by atoms with Crippen LogP contribution in [-0.4, -0.2) is 24.6 Å². The fourth-order valence-corrected chi connectivity index (χ4v) is 1.79. The average Bonchev–Trinajstić information content (AvgIpc) is 2.35. The van der Waals surface area contributed by atoms with Crippen molar-refractivity contribution in [2.75, 3.05) is 13.7 Å². The number of hydrogen-bond acceptors (Lipinski definition) is 5. The fourth-order valence-electron chi connectivity index (χ4n) is 1.18. The second kappa shape index (κ2) is 6.55. The van der Waals surface area contributed by atoms with Crippen LogP contribution in [0.4, 0.5) is 5.69 Å². The quantitative estimate of drug-likeness (QED) is 0.357. The molecule has 18 heavy (non-hydrogen) atoms. The van der Waals surface area contributed by atoms with E-state index in [4.69, 9.17) is 16.3 Å². The second-order valence-electron chi connectivity index (χ2n) is 3.18. The molecule has 0 aliphatic carbocycles. The first-order chi connectivity index (χ1) is 8.49. The summed E-state index contributed by atoms with van der Waals surface area (Å²) in [6.07, 6.45) is 0. The van der Waals surface area contributed by atoms with Crippen LogP contribution in [0.5, 0.6) is 5.75 Å². The van der Waals surface area contributed by atoms with E-state index in [-0.39, 0.29) is 16.5 Å². The minimum absolute atomic E-state index is 0.0718. The van der Waals surface area contributed by atoms with Gasteiger partial charge in [-0.05, 0) is 11.6 Å². The van der Waals surface area contributed by atoms with Crippen LogP contribution in [-0.2, 0) is 14.9 Å². The molecule has 6 nitrogen and oxygen atoms in total. The number of carbonyl (C=O) groups excluding carboxylic acids is 1. The zero-order chi connectivity index (χ0) is 13.7. The Bertz CT molecular complexity index is 480. The number of ether oxygens (including phenoxy) is 2. The monoisotopic (exact) mass is 337 g/mol. The Morgan fingerprint density at radius 3 is 2.72 bits per heavy atom. The molecule has 0 bridgehead atoms. The minimum atomic E-state index is -0.648. The summed E-state index contributed by atoms with van der Waals surface area (Å²) >= 11 is 9.06. The van der Waals surface area contributed by atoms with Gasteiger partial charge in [-0.3, -0.25) is 10.1 Å². The highest BCUT2D eigenvalue weighted by Gasteiger charge is 2.21. The molecule has 1 rings (SSSR count). The molecule has 1 aromatic carbocycles. The summed E-state index contributed by atoms with van der Waals surface area (Å²) in [4.78, 5) is 21.2. The highest BCUT2D eigenvalue weighted by molar-refractivity contribution is 9.08. The lowest BCUT2D eigenvalue weighted by atomic mass is 10.2.